The van der Waals surface area contributed by atoms with E-state index in [1.807, 2.05) is 6.07 Å². The highest BCUT2D eigenvalue weighted by Gasteiger charge is 2.64. The summed E-state index contributed by atoms with van der Waals surface area (Å²) in [6, 6.07) is 13.3. The van der Waals surface area contributed by atoms with Crippen molar-refractivity contribution in [2.24, 2.45) is 10.8 Å². The summed E-state index contributed by atoms with van der Waals surface area (Å²) < 4.78 is 6.33. The van der Waals surface area contributed by atoms with Crippen molar-refractivity contribution in [1.29, 1.82) is 5.26 Å². The van der Waals surface area contributed by atoms with Crippen LogP contribution in [0.25, 0.3) is 0 Å². The molecule has 0 bridgehead atoms. The van der Waals surface area contributed by atoms with Gasteiger partial charge in [0.2, 0.25) is 0 Å². The third kappa shape index (κ3) is 4.35. The van der Waals surface area contributed by atoms with E-state index in [2.05, 4.69) is 63.2 Å². The van der Waals surface area contributed by atoms with Crippen LogP contribution in [0.4, 0.5) is 0 Å². The Morgan fingerprint density at radius 1 is 1.09 bits per heavy atom. The molecule has 1 N–H and O–H groups in total. The van der Waals surface area contributed by atoms with Crippen molar-refractivity contribution in [3.05, 3.63) is 63.7 Å². The zero-order valence-electron chi connectivity index (χ0n) is 20.0. The molecule has 0 spiro atoms. The fourth-order valence-corrected chi connectivity index (χ4v) is 6.00. The van der Waals surface area contributed by atoms with Crippen LogP contribution >= 0.6 is 11.6 Å². The third-order valence-electron chi connectivity index (χ3n) is 7.42. The van der Waals surface area contributed by atoms with E-state index in [1.54, 1.807) is 18.2 Å². The molecule has 1 amide bonds. The second kappa shape index (κ2) is 8.66. The summed E-state index contributed by atoms with van der Waals surface area (Å²) in [7, 11) is 2.14. The van der Waals surface area contributed by atoms with Crippen molar-refractivity contribution in [1.82, 2.24) is 10.2 Å². The lowest BCUT2D eigenvalue weighted by molar-refractivity contribution is -0.164. The number of benzene rings is 2. The maximum absolute atomic E-state index is 13.2. The summed E-state index contributed by atoms with van der Waals surface area (Å²) in [4.78, 5) is 15.6. The van der Waals surface area contributed by atoms with Gasteiger partial charge in [0.05, 0.1) is 10.6 Å². The van der Waals surface area contributed by atoms with Crippen LogP contribution in [0.5, 0.6) is 5.75 Å². The molecule has 0 saturated heterocycles. The van der Waals surface area contributed by atoms with E-state index in [0.29, 0.717) is 21.9 Å². The highest BCUT2D eigenvalue weighted by atomic mass is 35.5. The SMILES string of the molecule is CN1CCc2ccc(C(=O)NC3C(C)(C)C(Oc4ccc(C#N)c(Cl)c4)C3(C)C)cc2CC1. The summed E-state index contributed by atoms with van der Waals surface area (Å²) in [5, 5.41) is 12.8. The van der Waals surface area contributed by atoms with Crippen molar-refractivity contribution in [2.45, 2.75) is 52.7 Å². The standard InChI is InChI=1S/C27H32ClN3O2/c1-26(2)24(27(3,4)25(26)33-21-9-8-20(16-29)22(28)15-21)30-23(32)19-7-6-17-10-12-31(5)13-11-18(17)14-19/h6-9,14-15,24-25H,10-13H2,1-5H3,(H,30,32). The Morgan fingerprint density at radius 2 is 1.76 bits per heavy atom. The van der Waals surface area contributed by atoms with Crippen molar-refractivity contribution in [3.8, 4) is 11.8 Å². The van der Waals surface area contributed by atoms with Gasteiger partial charge in [-0.1, -0.05) is 45.4 Å². The Kier molecular flexibility index (Phi) is 6.20. The molecule has 0 atom stereocenters. The number of amides is 1. The lowest BCUT2D eigenvalue weighted by Gasteiger charge is -2.63. The first-order valence-electron chi connectivity index (χ1n) is 11.5. The first-order valence-corrected chi connectivity index (χ1v) is 11.9. The first kappa shape index (κ1) is 23.6. The summed E-state index contributed by atoms with van der Waals surface area (Å²) in [6.07, 6.45) is 1.87. The quantitative estimate of drug-likeness (QED) is 0.700. The first-order chi connectivity index (χ1) is 15.5. The molecule has 4 rings (SSSR count). The highest BCUT2D eigenvalue weighted by Crippen LogP contribution is 2.55. The normalized spacial score (nSPS) is 23.4. The summed E-state index contributed by atoms with van der Waals surface area (Å²) in [5.41, 5.74) is 3.19. The van der Waals surface area contributed by atoms with Gasteiger partial charge in [0.1, 0.15) is 17.9 Å². The Bertz CT molecular complexity index is 1100. The van der Waals surface area contributed by atoms with Crippen molar-refractivity contribution >= 4 is 17.5 Å². The number of nitrogens with one attached hydrogen (secondary N) is 1. The van der Waals surface area contributed by atoms with Crippen LogP contribution in [0, 0.1) is 22.2 Å². The molecule has 33 heavy (non-hydrogen) atoms. The van der Waals surface area contributed by atoms with E-state index in [4.69, 9.17) is 21.6 Å². The number of likely N-dealkylation sites (N-methyl/N-ethyl adjacent to an activating group) is 1. The van der Waals surface area contributed by atoms with Crippen LogP contribution in [0.1, 0.15) is 54.7 Å². The van der Waals surface area contributed by atoms with Crippen LogP contribution in [-0.2, 0) is 12.8 Å². The number of halogens is 1. The molecule has 1 heterocycles. The van der Waals surface area contributed by atoms with E-state index in [-0.39, 0.29) is 28.9 Å². The zero-order valence-corrected chi connectivity index (χ0v) is 20.8. The lowest BCUT2D eigenvalue weighted by Crippen LogP contribution is -2.74. The van der Waals surface area contributed by atoms with Gasteiger partial charge in [0.15, 0.2) is 0 Å². The average Bonchev–Trinajstić information content (AvgIpc) is 2.96. The minimum atomic E-state index is -0.284. The summed E-state index contributed by atoms with van der Waals surface area (Å²) >= 11 is 6.19. The van der Waals surface area contributed by atoms with E-state index in [0.717, 1.165) is 25.9 Å². The number of ether oxygens (including phenoxy) is 1. The average molecular weight is 466 g/mol. The van der Waals surface area contributed by atoms with Gasteiger partial charge in [-0.15, -0.1) is 0 Å². The molecule has 0 radical (unpaired) electrons. The molecule has 1 aliphatic heterocycles. The molecule has 2 aliphatic rings. The molecule has 1 fully saturated rings. The number of nitrogens with zero attached hydrogens (tertiary/aromatic N) is 2. The Labute approximate surface area is 201 Å². The van der Waals surface area contributed by atoms with E-state index in [9.17, 15) is 4.79 Å². The molecule has 0 aromatic heterocycles. The highest BCUT2D eigenvalue weighted by molar-refractivity contribution is 6.31. The van der Waals surface area contributed by atoms with Gasteiger partial charge in [-0.05, 0) is 55.3 Å². The van der Waals surface area contributed by atoms with Crippen LogP contribution in [0.3, 0.4) is 0 Å². The molecule has 2 aromatic rings. The monoisotopic (exact) mass is 465 g/mol. The van der Waals surface area contributed by atoms with Gasteiger partial charge >= 0.3 is 0 Å². The van der Waals surface area contributed by atoms with Gasteiger partial charge in [0.25, 0.3) is 5.91 Å². The molecule has 174 valence electrons. The molecular formula is C27H32ClN3O2. The van der Waals surface area contributed by atoms with E-state index >= 15 is 0 Å². The predicted molar refractivity (Wildman–Crippen MR) is 131 cm³/mol. The molecule has 6 heteroatoms. The van der Waals surface area contributed by atoms with Crippen molar-refractivity contribution in [2.75, 3.05) is 20.1 Å². The van der Waals surface area contributed by atoms with Gasteiger partial charge in [-0.2, -0.15) is 5.26 Å². The van der Waals surface area contributed by atoms with Gasteiger partial charge in [-0.3, -0.25) is 4.79 Å². The number of nitriles is 1. The Balaban J connectivity index is 1.48. The van der Waals surface area contributed by atoms with E-state index < -0.39 is 0 Å². The summed E-state index contributed by atoms with van der Waals surface area (Å²) in [6.45, 7) is 10.5. The molecule has 2 aromatic carbocycles. The van der Waals surface area contributed by atoms with Crippen LogP contribution in [0.2, 0.25) is 5.02 Å². The van der Waals surface area contributed by atoms with Crippen molar-refractivity contribution < 1.29 is 9.53 Å². The molecule has 1 aliphatic carbocycles. The van der Waals surface area contributed by atoms with Crippen LogP contribution in [0.15, 0.2) is 36.4 Å². The zero-order chi connectivity index (χ0) is 24.0. The van der Waals surface area contributed by atoms with Crippen LogP contribution < -0.4 is 10.1 Å². The topological polar surface area (TPSA) is 65.4 Å². The largest absolute Gasteiger partial charge is 0.489 e. The number of rotatable bonds is 4. The molecule has 1 saturated carbocycles. The predicted octanol–water partition coefficient (Wildman–Crippen LogP) is 4.85. The smallest absolute Gasteiger partial charge is 0.251 e. The maximum atomic E-state index is 13.2. The minimum Gasteiger partial charge on any atom is -0.489 e. The fraction of sp³-hybridized carbons (Fsp3) is 0.481. The molecular weight excluding hydrogens is 434 g/mol. The third-order valence-corrected chi connectivity index (χ3v) is 7.74. The van der Waals surface area contributed by atoms with Gasteiger partial charge < -0.3 is 15.0 Å². The molecule has 5 nitrogen and oxygen atoms in total. The van der Waals surface area contributed by atoms with E-state index in [1.165, 1.54) is 11.1 Å². The fourth-order valence-electron chi connectivity index (χ4n) is 5.79. The lowest BCUT2D eigenvalue weighted by atomic mass is 9.49. The number of carbonyl (C=O) groups excluding carboxylic acids is 1. The Hall–Kier alpha value is -2.55. The Morgan fingerprint density at radius 3 is 2.39 bits per heavy atom. The maximum Gasteiger partial charge on any atom is 0.251 e. The van der Waals surface area contributed by atoms with Crippen molar-refractivity contribution in [3.63, 3.8) is 0 Å². The number of hydrogen-bond acceptors (Lipinski definition) is 4. The second-order valence-electron chi connectivity index (χ2n) is 10.6. The van der Waals surface area contributed by atoms with Crippen LogP contribution in [-0.4, -0.2) is 43.1 Å². The minimum absolute atomic E-state index is 0.0404. The van der Waals surface area contributed by atoms with Gasteiger partial charge in [0, 0.05) is 41.6 Å². The summed E-state index contributed by atoms with van der Waals surface area (Å²) in [5.74, 6) is 0.590. The van der Waals surface area contributed by atoms with Gasteiger partial charge in [-0.25, -0.2) is 0 Å². The second-order valence-corrected chi connectivity index (χ2v) is 11.0. The number of hydrogen-bond donors (Lipinski definition) is 1. The number of fused-ring (bicyclic) bond motifs is 1. The number of carbonyl (C=O) groups is 1. The molecule has 0 unspecified atom stereocenters.